The number of benzene rings is 3. The van der Waals surface area contributed by atoms with Gasteiger partial charge < -0.3 is 19.2 Å². The number of nitrogens with zero attached hydrogens (tertiary/aromatic N) is 2. The number of aryl methyl sites for hydroxylation is 1. The SMILES string of the molecule is CCC(Oc1ccc(C(Cc2ccccc2)=NOCCn2ccc3ccccc32)cc1C)C(=O)O. The molecule has 0 saturated carbocycles. The first kappa shape index (κ1) is 24.1. The Morgan fingerprint density at radius 3 is 2.54 bits per heavy atom. The molecule has 0 spiro atoms. The fraction of sp³-hybridized carbons (Fsp3) is 0.241. The predicted molar refractivity (Wildman–Crippen MR) is 138 cm³/mol. The maximum atomic E-state index is 11.4. The minimum absolute atomic E-state index is 0.391. The Bertz CT molecular complexity index is 1310. The number of oxime groups is 1. The van der Waals surface area contributed by atoms with Crippen LogP contribution in [0.15, 0.2) is 90.2 Å². The Hall–Kier alpha value is -4.06. The van der Waals surface area contributed by atoms with E-state index in [-0.39, 0.29) is 0 Å². The first-order valence-electron chi connectivity index (χ1n) is 11.8. The second kappa shape index (κ2) is 11.4. The number of carboxylic acids is 1. The normalized spacial score (nSPS) is 12.5. The van der Waals surface area contributed by atoms with Crippen molar-refractivity contribution in [1.29, 1.82) is 0 Å². The van der Waals surface area contributed by atoms with Crippen molar-refractivity contribution in [2.24, 2.45) is 5.16 Å². The molecule has 6 heteroatoms. The first-order chi connectivity index (χ1) is 17.0. The number of hydrogen-bond acceptors (Lipinski definition) is 4. The van der Waals surface area contributed by atoms with E-state index in [1.54, 1.807) is 6.92 Å². The van der Waals surface area contributed by atoms with Crippen molar-refractivity contribution < 1.29 is 19.5 Å². The minimum atomic E-state index is -0.967. The zero-order chi connectivity index (χ0) is 24.6. The van der Waals surface area contributed by atoms with Gasteiger partial charge >= 0.3 is 5.97 Å². The molecule has 0 amide bonds. The van der Waals surface area contributed by atoms with E-state index in [1.807, 2.05) is 55.5 Å². The van der Waals surface area contributed by atoms with Gasteiger partial charge in [-0.3, -0.25) is 0 Å². The summed E-state index contributed by atoms with van der Waals surface area (Å²) in [4.78, 5) is 17.2. The largest absolute Gasteiger partial charge is 0.479 e. The van der Waals surface area contributed by atoms with Gasteiger partial charge in [-0.1, -0.05) is 60.6 Å². The van der Waals surface area contributed by atoms with Crippen molar-refractivity contribution in [3.05, 3.63) is 102 Å². The molecule has 1 heterocycles. The van der Waals surface area contributed by atoms with E-state index in [0.29, 0.717) is 31.7 Å². The third kappa shape index (κ3) is 6.09. The Kier molecular flexibility index (Phi) is 7.83. The standard InChI is InChI=1S/C29H30N2O4/c1-3-27(29(32)33)35-28-14-13-24(19-21(28)2)25(20-22-9-5-4-6-10-22)30-34-18-17-31-16-15-23-11-7-8-12-26(23)31/h4-16,19,27H,3,17-18,20H2,1-2H3,(H,32,33). The van der Waals surface area contributed by atoms with Crippen molar-refractivity contribution in [3.63, 3.8) is 0 Å². The number of ether oxygens (including phenoxy) is 1. The third-order valence-corrected chi connectivity index (χ3v) is 5.92. The summed E-state index contributed by atoms with van der Waals surface area (Å²) in [5, 5.41) is 15.0. The number of hydrogen-bond donors (Lipinski definition) is 1. The van der Waals surface area contributed by atoms with Crippen molar-refractivity contribution in [2.75, 3.05) is 6.61 Å². The van der Waals surface area contributed by atoms with Gasteiger partial charge in [-0.15, -0.1) is 0 Å². The van der Waals surface area contributed by atoms with E-state index in [4.69, 9.17) is 9.57 Å². The zero-order valence-electron chi connectivity index (χ0n) is 20.1. The van der Waals surface area contributed by atoms with Gasteiger partial charge in [-0.25, -0.2) is 4.79 Å². The average Bonchev–Trinajstić information content (AvgIpc) is 3.28. The smallest absolute Gasteiger partial charge is 0.344 e. The second-order valence-corrected chi connectivity index (χ2v) is 8.43. The fourth-order valence-corrected chi connectivity index (χ4v) is 4.00. The quantitative estimate of drug-likeness (QED) is 0.169. The molecule has 3 aromatic carbocycles. The van der Waals surface area contributed by atoms with Gasteiger partial charge in [0.2, 0.25) is 0 Å². The van der Waals surface area contributed by atoms with Crippen LogP contribution in [0, 0.1) is 6.92 Å². The fourth-order valence-electron chi connectivity index (χ4n) is 4.00. The van der Waals surface area contributed by atoms with Crippen LogP contribution in [0.25, 0.3) is 10.9 Å². The molecule has 1 atom stereocenters. The molecule has 6 nitrogen and oxygen atoms in total. The number of aliphatic carboxylic acids is 1. The molecule has 0 aliphatic rings. The van der Waals surface area contributed by atoms with Crippen LogP contribution < -0.4 is 4.74 Å². The summed E-state index contributed by atoms with van der Waals surface area (Å²) >= 11 is 0. The lowest BCUT2D eigenvalue weighted by Crippen LogP contribution is -2.26. The predicted octanol–water partition coefficient (Wildman–Crippen LogP) is 5.86. The lowest BCUT2D eigenvalue weighted by atomic mass is 10.0. The highest BCUT2D eigenvalue weighted by atomic mass is 16.6. The van der Waals surface area contributed by atoms with Gasteiger partial charge in [0.25, 0.3) is 0 Å². The lowest BCUT2D eigenvalue weighted by Gasteiger charge is -2.16. The van der Waals surface area contributed by atoms with Gasteiger partial charge in [0.05, 0.1) is 12.3 Å². The molecule has 180 valence electrons. The van der Waals surface area contributed by atoms with E-state index < -0.39 is 12.1 Å². The highest BCUT2D eigenvalue weighted by molar-refractivity contribution is 6.01. The number of para-hydroxylation sites is 1. The van der Waals surface area contributed by atoms with Crippen LogP contribution in [0.2, 0.25) is 0 Å². The van der Waals surface area contributed by atoms with E-state index in [9.17, 15) is 9.90 Å². The monoisotopic (exact) mass is 470 g/mol. The van der Waals surface area contributed by atoms with Crippen molar-refractivity contribution in [3.8, 4) is 5.75 Å². The topological polar surface area (TPSA) is 73.0 Å². The first-order valence-corrected chi connectivity index (χ1v) is 11.8. The molecule has 0 aliphatic carbocycles. The molecule has 0 radical (unpaired) electrons. The Morgan fingerprint density at radius 2 is 1.80 bits per heavy atom. The third-order valence-electron chi connectivity index (χ3n) is 5.92. The molecule has 4 rings (SSSR count). The molecule has 0 bridgehead atoms. The number of fused-ring (bicyclic) bond motifs is 1. The molecule has 0 aliphatic heterocycles. The van der Waals surface area contributed by atoms with Gasteiger partial charge in [0.1, 0.15) is 12.4 Å². The molecule has 0 saturated heterocycles. The van der Waals surface area contributed by atoms with Gasteiger partial charge in [-0.2, -0.15) is 0 Å². The number of rotatable bonds is 11. The van der Waals surface area contributed by atoms with E-state index in [0.717, 1.165) is 22.4 Å². The Labute approximate surface area is 205 Å². The summed E-state index contributed by atoms with van der Waals surface area (Å²) in [6, 6.07) is 26.1. The summed E-state index contributed by atoms with van der Waals surface area (Å²) in [5.74, 6) is -0.409. The minimum Gasteiger partial charge on any atom is -0.479 e. The molecule has 1 N–H and O–H groups in total. The maximum Gasteiger partial charge on any atom is 0.344 e. The van der Waals surface area contributed by atoms with Gasteiger partial charge in [0, 0.05) is 23.7 Å². The average molecular weight is 471 g/mol. The van der Waals surface area contributed by atoms with Crippen LogP contribution in [0.1, 0.15) is 30.0 Å². The molecule has 0 fully saturated rings. The van der Waals surface area contributed by atoms with Gasteiger partial charge in [-0.05, 0) is 60.2 Å². The summed E-state index contributed by atoms with van der Waals surface area (Å²) in [6.07, 6.45) is 2.19. The van der Waals surface area contributed by atoms with E-state index in [2.05, 4.69) is 46.3 Å². The van der Waals surface area contributed by atoms with Crippen molar-refractivity contribution in [1.82, 2.24) is 4.57 Å². The van der Waals surface area contributed by atoms with Crippen LogP contribution in [-0.2, 0) is 22.6 Å². The molecular weight excluding hydrogens is 440 g/mol. The molecule has 1 unspecified atom stereocenters. The van der Waals surface area contributed by atoms with Crippen molar-refractivity contribution >= 4 is 22.6 Å². The molecule has 4 aromatic rings. The van der Waals surface area contributed by atoms with Crippen LogP contribution in [0.4, 0.5) is 0 Å². The van der Waals surface area contributed by atoms with Crippen molar-refractivity contribution in [2.45, 2.75) is 39.3 Å². The highest BCUT2D eigenvalue weighted by Crippen LogP contribution is 2.23. The second-order valence-electron chi connectivity index (χ2n) is 8.43. The summed E-state index contributed by atoms with van der Waals surface area (Å²) in [5.41, 5.74) is 4.85. The molecular formula is C29H30N2O4. The number of carbonyl (C=O) groups is 1. The molecule has 1 aromatic heterocycles. The van der Waals surface area contributed by atoms with Crippen LogP contribution in [-0.4, -0.2) is 34.1 Å². The van der Waals surface area contributed by atoms with Crippen LogP contribution in [0.3, 0.4) is 0 Å². The molecule has 35 heavy (non-hydrogen) atoms. The maximum absolute atomic E-state index is 11.4. The van der Waals surface area contributed by atoms with Crippen LogP contribution in [0.5, 0.6) is 5.75 Å². The number of carboxylic acid groups (broad SMARTS) is 1. The summed E-state index contributed by atoms with van der Waals surface area (Å²) < 4.78 is 7.87. The van der Waals surface area contributed by atoms with Crippen LogP contribution >= 0.6 is 0 Å². The lowest BCUT2D eigenvalue weighted by molar-refractivity contribution is -0.145. The van der Waals surface area contributed by atoms with E-state index in [1.165, 1.54) is 10.9 Å². The highest BCUT2D eigenvalue weighted by Gasteiger charge is 2.18. The Balaban J connectivity index is 1.51. The summed E-state index contributed by atoms with van der Waals surface area (Å²) in [7, 11) is 0. The number of aromatic nitrogens is 1. The summed E-state index contributed by atoms with van der Waals surface area (Å²) in [6.45, 7) is 4.83. The zero-order valence-corrected chi connectivity index (χ0v) is 20.1. The van der Waals surface area contributed by atoms with E-state index >= 15 is 0 Å². The Morgan fingerprint density at radius 1 is 1.03 bits per heavy atom. The van der Waals surface area contributed by atoms with Gasteiger partial charge in [0.15, 0.2) is 6.10 Å².